The van der Waals surface area contributed by atoms with Crippen LogP contribution < -0.4 is 0 Å². The van der Waals surface area contributed by atoms with Crippen molar-refractivity contribution in [2.24, 2.45) is 0 Å². The van der Waals surface area contributed by atoms with E-state index in [4.69, 9.17) is 4.74 Å². The first-order chi connectivity index (χ1) is 15.0. The number of carbonyl (C=O) groups excluding carboxylic acids is 1. The van der Waals surface area contributed by atoms with E-state index in [1.54, 1.807) is 0 Å². The third-order valence-corrected chi connectivity index (χ3v) is 6.26. The van der Waals surface area contributed by atoms with Gasteiger partial charge in [0, 0.05) is 6.04 Å². The summed E-state index contributed by atoms with van der Waals surface area (Å²) in [5.41, 5.74) is 2.45. The van der Waals surface area contributed by atoms with Gasteiger partial charge in [0.25, 0.3) is 0 Å². The van der Waals surface area contributed by atoms with Crippen molar-refractivity contribution in [2.45, 2.75) is 44.2 Å². The molecule has 0 aliphatic carbocycles. The van der Waals surface area contributed by atoms with Gasteiger partial charge >= 0.3 is 5.97 Å². The van der Waals surface area contributed by atoms with Crippen molar-refractivity contribution in [2.75, 3.05) is 14.1 Å². The average Bonchev–Trinajstić information content (AvgIpc) is 2.82. The van der Waals surface area contributed by atoms with Gasteiger partial charge < -0.3 is 9.64 Å². The Bertz CT molecular complexity index is 899. The second-order valence-corrected chi connectivity index (χ2v) is 8.39. The van der Waals surface area contributed by atoms with Crippen molar-refractivity contribution in [1.82, 2.24) is 4.90 Å². The van der Waals surface area contributed by atoms with Gasteiger partial charge in [-0.15, -0.1) is 0 Å². The van der Waals surface area contributed by atoms with Crippen molar-refractivity contribution in [3.63, 3.8) is 0 Å². The Labute approximate surface area is 186 Å². The molecule has 0 saturated carbocycles. The highest BCUT2D eigenvalue weighted by Crippen LogP contribution is 2.43. The Hall–Kier alpha value is -2.91. The quantitative estimate of drug-likeness (QED) is 0.405. The minimum Gasteiger partial charge on any atom is -0.457 e. The van der Waals surface area contributed by atoms with E-state index in [9.17, 15) is 4.79 Å². The Kier molecular flexibility index (Phi) is 7.64. The van der Waals surface area contributed by atoms with Gasteiger partial charge in [-0.05, 0) is 57.1 Å². The van der Waals surface area contributed by atoms with Crippen LogP contribution >= 0.6 is 0 Å². The van der Waals surface area contributed by atoms with E-state index in [-0.39, 0.29) is 18.1 Å². The number of hydrogen-bond donors (Lipinski definition) is 0. The van der Waals surface area contributed by atoms with Crippen molar-refractivity contribution >= 4 is 5.97 Å². The fourth-order valence-electron chi connectivity index (χ4n) is 4.33. The summed E-state index contributed by atoms with van der Waals surface area (Å²) < 4.78 is 6.28. The van der Waals surface area contributed by atoms with Crippen molar-refractivity contribution in [3.05, 3.63) is 108 Å². The summed E-state index contributed by atoms with van der Waals surface area (Å²) in [6, 6.07) is 30.5. The average molecular weight is 416 g/mol. The standard InChI is InChI=1S/C28H33NO2/c1-5-26(31-27(30)23-15-9-6-10-16-23)28(21-22(2)29(3)4,24-17-11-7-12-18-24)25-19-13-8-14-20-25/h6-20,22,26H,5,21H2,1-4H3. The lowest BCUT2D eigenvalue weighted by molar-refractivity contribution is 0.00551. The molecule has 2 unspecified atom stereocenters. The van der Waals surface area contributed by atoms with E-state index in [1.165, 1.54) is 11.1 Å². The van der Waals surface area contributed by atoms with Crippen LogP contribution in [0, 0.1) is 0 Å². The SMILES string of the molecule is CCC(OC(=O)c1ccccc1)C(CC(C)N(C)C)(c1ccccc1)c1ccccc1. The first-order valence-corrected chi connectivity index (χ1v) is 11.0. The van der Waals surface area contributed by atoms with E-state index < -0.39 is 5.41 Å². The molecule has 3 nitrogen and oxygen atoms in total. The number of carbonyl (C=O) groups is 1. The van der Waals surface area contributed by atoms with Crippen LogP contribution in [0.1, 0.15) is 48.2 Å². The molecule has 0 aromatic heterocycles. The molecule has 0 heterocycles. The highest BCUT2D eigenvalue weighted by Gasteiger charge is 2.45. The van der Waals surface area contributed by atoms with E-state index in [0.717, 1.165) is 6.42 Å². The highest BCUT2D eigenvalue weighted by molar-refractivity contribution is 5.89. The maximum atomic E-state index is 13.1. The Balaban J connectivity index is 2.15. The van der Waals surface area contributed by atoms with Gasteiger partial charge in [-0.2, -0.15) is 0 Å². The molecule has 3 rings (SSSR count). The molecule has 0 saturated heterocycles. The van der Waals surface area contributed by atoms with Gasteiger partial charge in [0.15, 0.2) is 0 Å². The number of nitrogens with zero attached hydrogens (tertiary/aromatic N) is 1. The van der Waals surface area contributed by atoms with Crippen molar-refractivity contribution in [3.8, 4) is 0 Å². The molecule has 0 radical (unpaired) electrons. The molecule has 0 aliphatic heterocycles. The number of rotatable bonds is 9. The lowest BCUT2D eigenvalue weighted by atomic mass is 9.65. The fourth-order valence-corrected chi connectivity index (χ4v) is 4.33. The predicted molar refractivity (Wildman–Crippen MR) is 127 cm³/mol. The second-order valence-electron chi connectivity index (χ2n) is 8.39. The van der Waals surface area contributed by atoms with Gasteiger partial charge in [-0.3, -0.25) is 0 Å². The molecule has 0 bridgehead atoms. The summed E-state index contributed by atoms with van der Waals surface area (Å²) in [7, 11) is 4.20. The van der Waals surface area contributed by atoms with E-state index in [1.807, 2.05) is 42.5 Å². The smallest absolute Gasteiger partial charge is 0.338 e. The zero-order valence-electron chi connectivity index (χ0n) is 19.0. The first-order valence-electron chi connectivity index (χ1n) is 11.0. The summed E-state index contributed by atoms with van der Waals surface area (Å²) in [6.07, 6.45) is 1.23. The molecule has 0 aliphatic rings. The van der Waals surface area contributed by atoms with Gasteiger partial charge in [0.2, 0.25) is 0 Å². The lowest BCUT2D eigenvalue weighted by Crippen LogP contribution is -2.47. The van der Waals surface area contributed by atoms with Gasteiger partial charge in [-0.1, -0.05) is 85.8 Å². The minimum absolute atomic E-state index is 0.277. The summed E-state index contributed by atoms with van der Waals surface area (Å²) >= 11 is 0. The zero-order valence-corrected chi connectivity index (χ0v) is 19.0. The first kappa shape index (κ1) is 22.8. The molecule has 0 fully saturated rings. The second kappa shape index (κ2) is 10.4. The maximum absolute atomic E-state index is 13.1. The molecule has 3 aromatic carbocycles. The molecule has 162 valence electrons. The third-order valence-electron chi connectivity index (χ3n) is 6.26. The molecule has 3 heteroatoms. The van der Waals surface area contributed by atoms with Crippen LogP contribution in [-0.4, -0.2) is 37.1 Å². The third kappa shape index (κ3) is 5.05. The van der Waals surface area contributed by atoms with Crippen LogP contribution in [0.25, 0.3) is 0 Å². The molecular formula is C28H33NO2. The molecule has 31 heavy (non-hydrogen) atoms. The Morgan fingerprint density at radius 1 is 0.839 bits per heavy atom. The highest BCUT2D eigenvalue weighted by atomic mass is 16.5. The van der Waals surface area contributed by atoms with Crippen LogP contribution in [0.4, 0.5) is 0 Å². The van der Waals surface area contributed by atoms with Crippen LogP contribution in [0.2, 0.25) is 0 Å². The number of ether oxygens (including phenoxy) is 1. The van der Waals surface area contributed by atoms with E-state index in [0.29, 0.717) is 12.0 Å². The van der Waals surface area contributed by atoms with Crippen LogP contribution in [-0.2, 0) is 10.2 Å². The topological polar surface area (TPSA) is 29.5 Å². The number of benzene rings is 3. The molecule has 0 amide bonds. The molecule has 0 spiro atoms. The molecule has 3 aromatic rings. The normalized spacial score (nSPS) is 13.6. The predicted octanol–water partition coefficient (Wildman–Crippen LogP) is 5.95. The Morgan fingerprint density at radius 3 is 1.71 bits per heavy atom. The summed E-state index contributed by atoms with van der Waals surface area (Å²) in [4.78, 5) is 15.3. The summed E-state index contributed by atoms with van der Waals surface area (Å²) in [5.74, 6) is -0.277. The monoisotopic (exact) mass is 415 g/mol. The molecule has 0 N–H and O–H groups in total. The zero-order chi connectivity index (χ0) is 22.3. The molecule has 2 atom stereocenters. The number of hydrogen-bond acceptors (Lipinski definition) is 3. The van der Waals surface area contributed by atoms with Gasteiger partial charge in [-0.25, -0.2) is 4.79 Å². The summed E-state index contributed by atoms with van der Waals surface area (Å²) in [5, 5.41) is 0. The van der Waals surface area contributed by atoms with E-state index in [2.05, 4.69) is 81.4 Å². The lowest BCUT2D eigenvalue weighted by Gasteiger charge is -2.43. The van der Waals surface area contributed by atoms with Crippen LogP contribution in [0.3, 0.4) is 0 Å². The van der Waals surface area contributed by atoms with Crippen molar-refractivity contribution < 1.29 is 9.53 Å². The summed E-state index contributed by atoms with van der Waals surface area (Å²) in [6.45, 7) is 4.33. The fraction of sp³-hybridized carbons (Fsp3) is 0.321. The van der Waals surface area contributed by atoms with Crippen LogP contribution in [0.5, 0.6) is 0 Å². The van der Waals surface area contributed by atoms with E-state index >= 15 is 0 Å². The van der Waals surface area contributed by atoms with Gasteiger partial charge in [0.1, 0.15) is 6.10 Å². The maximum Gasteiger partial charge on any atom is 0.338 e. The largest absolute Gasteiger partial charge is 0.457 e. The van der Waals surface area contributed by atoms with Crippen LogP contribution in [0.15, 0.2) is 91.0 Å². The molecular weight excluding hydrogens is 382 g/mol. The van der Waals surface area contributed by atoms with Crippen molar-refractivity contribution in [1.29, 1.82) is 0 Å². The number of esters is 1. The Morgan fingerprint density at radius 2 is 1.29 bits per heavy atom. The van der Waals surface area contributed by atoms with Gasteiger partial charge in [0.05, 0.1) is 11.0 Å². The minimum atomic E-state index is -0.467.